The molecule has 1 atom stereocenters. The lowest BCUT2D eigenvalue weighted by Gasteiger charge is -2.29. The molecule has 1 aliphatic heterocycles. The van der Waals surface area contributed by atoms with Crippen LogP contribution in [0.2, 0.25) is 0 Å². The first kappa shape index (κ1) is 18.7. The molecule has 0 spiro atoms. The third kappa shape index (κ3) is 3.47. The number of rotatable bonds is 4. The summed E-state index contributed by atoms with van der Waals surface area (Å²) in [5.41, 5.74) is 6.38. The molecule has 2 N–H and O–H groups in total. The van der Waals surface area contributed by atoms with Crippen molar-refractivity contribution in [3.8, 4) is 11.8 Å². The van der Waals surface area contributed by atoms with Crippen molar-refractivity contribution in [2.45, 2.75) is 31.8 Å². The molecule has 1 aromatic heterocycles. The van der Waals surface area contributed by atoms with Crippen LogP contribution in [0.5, 0.6) is 5.75 Å². The molecule has 0 bridgehead atoms. The molecule has 2 heterocycles. The van der Waals surface area contributed by atoms with Crippen molar-refractivity contribution in [3.05, 3.63) is 76.3 Å². The van der Waals surface area contributed by atoms with Gasteiger partial charge in [0.2, 0.25) is 5.88 Å². The first-order valence-electron chi connectivity index (χ1n) is 8.98. The molecule has 0 unspecified atom stereocenters. The summed E-state index contributed by atoms with van der Waals surface area (Å²) < 4.78 is 43.3. The quantitative estimate of drug-likeness (QED) is 0.837. The van der Waals surface area contributed by atoms with Gasteiger partial charge in [0.05, 0.1) is 5.92 Å². The van der Waals surface area contributed by atoms with E-state index in [0.29, 0.717) is 42.1 Å². The number of Topliss-reactive ketones (excluding diaryl/α,β-unsaturated/α-hetero) is 1. The molecule has 29 heavy (non-hydrogen) atoms. The third-order valence-electron chi connectivity index (χ3n) is 4.84. The molecule has 1 aliphatic carbocycles. The van der Waals surface area contributed by atoms with Crippen LogP contribution in [0, 0.1) is 23.0 Å². The molecule has 0 saturated heterocycles. The van der Waals surface area contributed by atoms with E-state index in [1.807, 2.05) is 6.07 Å². The van der Waals surface area contributed by atoms with E-state index in [2.05, 4.69) is 0 Å². The normalized spacial score (nSPS) is 18.9. The van der Waals surface area contributed by atoms with Crippen LogP contribution in [0.3, 0.4) is 0 Å². The third-order valence-corrected chi connectivity index (χ3v) is 4.84. The van der Waals surface area contributed by atoms with Crippen molar-refractivity contribution in [2.24, 2.45) is 5.73 Å². The number of furan rings is 1. The Morgan fingerprint density at radius 3 is 2.83 bits per heavy atom. The van der Waals surface area contributed by atoms with Crippen LogP contribution in [-0.2, 0) is 16.1 Å². The average molecular weight is 398 g/mol. The molecular formula is C21H16F2N2O4. The van der Waals surface area contributed by atoms with Gasteiger partial charge in [-0.05, 0) is 30.7 Å². The standard InChI is InChI=1S/C21H16F2N2O4/c22-11-4-6-16(14(23)8-11)27-10-12-5-7-18(28-12)19-13(9-24)21(25)29-17-3-1-2-15(26)20(17)19/h4-8,19H,1-3,10,25H2/t19-/m1/s1. The first-order valence-corrected chi connectivity index (χ1v) is 8.98. The number of halogens is 2. The van der Waals surface area contributed by atoms with E-state index in [-0.39, 0.29) is 29.6 Å². The number of ketones is 1. The van der Waals surface area contributed by atoms with Crippen molar-refractivity contribution in [1.29, 1.82) is 5.26 Å². The smallest absolute Gasteiger partial charge is 0.205 e. The van der Waals surface area contributed by atoms with Crippen LogP contribution < -0.4 is 10.5 Å². The van der Waals surface area contributed by atoms with Crippen molar-refractivity contribution in [3.63, 3.8) is 0 Å². The minimum atomic E-state index is -0.828. The number of nitrogens with zero attached hydrogens (tertiary/aromatic N) is 1. The highest BCUT2D eigenvalue weighted by atomic mass is 19.1. The Morgan fingerprint density at radius 1 is 1.24 bits per heavy atom. The van der Waals surface area contributed by atoms with Gasteiger partial charge in [0.1, 0.15) is 41.3 Å². The van der Waals surface area contributed by atoms with Crippen LogP contribution in [-0.4, -0.2) is 5.78 Å². The van der Waals surface area contributed by atoms with Gasteiger partial charge in [-0.1, -0.05) is 0 Å². The van der Waals surface area contributed by atoms with E-state index in [4.69, 9.17) is 19.6 Å². The molecule has 2 aliphatic rings. The maximum Gasteiger partial charge on any atom is 0.205 e. The monoisotopic (exact) mass is 398 g/mol. The molecule has 0 radical (unpaired) electrons. The minimum absolute atomic E-state index is 0.0477. The van der Waals surface area contributed by atoms with Gasteiger partial charge in [-0.2, -0.15) is 5.26 Å². The Kier molecular flexibility index (Phi) is 4.80. The SMILES string of the molecule is N#CC1=C(N)OC2=C(C(=O)CCC2)[C@H]1c1ccc(COc2ccc(F)cc2F)o1. The molecule has 6 nitrogen and oxygen atoms in total. The number of carbonyl (C=O) groups is 1. The van der Waals surface area contributed by atoms with E-state index in [1.54, 1.807) is 12.1 Å². The number of benzene rings is 1. The number of ether oxygens (including phenoxy) is 2. The number of hydrogen-bond acceptors (Lipinski definition) is 6. The van der Waals surface area contributed by atoms with Gasteiger partial charge in [-0.15, -0.1) is 0 Å². The fourth-order valence-corrected chi connectivity index (χ4v) is 3.51. The Morgan fingerprint density at radius 2 is 2.07 bits per heavy atom. The van der Waals surface area contributed by atoms with Crippen molar-refractivity contribution >= 4 is 5.78 Å². The highest BCUT2D eigenvalue weighted by molar-refractivity contribution is 5.99. The predicted octanol–water partition coefficient (Wildman–Crippen LogP) is 3.95. The van der Waals surface area contributed by atoms with Gasteiger partial charge >= 0.3 is 0 Å². The van der Waals surface area contributed by atoms with Gasteiger partial charge in [0, 0.05) is 24.5 Å². The van der Waals surface area contributed by atoms with Gasteiger partial charge in [-0.3, -0.25) is 4.79 Å². The van der Waals surface area contributed by atoms with E-state index in [1.165, 1.54) is 6.07 Å². The number of allylic oxidation sites excluding steroid dienone is 3. The summed E-state index contributed by atoms with van der Waals surface area (Å²) in [5, 5.41) is 9.54. The predicted molar refractivity (Wildman–Crippen MR) is 95.9 cm³/mol. The summed E-state index contributed by atoms with van der Waals surface area (Å²) in [7, 11) is 0. The second-order valence-electron chi connectivity index (χ2n) is 6.71. The van der Waals surface area contributed by atoms with Crippen LogP contribution in [0.1, 0.15) is 36.7 Å². The first-order chi connectivity index (χ1) is 14.0. The lowest BCUT2D eigenvalue weighted by atomic mass is 9.80. The van der Waals surface area contributed by atoms with Crippen molar-refractivity contribution in [2.75, 3.05) is 0 Å². The highest BCUT2D eigenvalue weighted by Gasteiger charge is 2.39. The molecule has 148 valence electrons. The van der Waals surface area contributed by atoms with Gasteiger partial charge < -0.3 is 19.6 Å². The van der Waals surface area contributed by atoms with Crippen LogP contribution in [0.25, 0.3) is 0 Å². The Bertz CT molecular complexity index is 1090. The van der Waals surface area contributed by atoms with Gasteiger partial charge in [0.25, 0.3) is 0 Å². The molecule has 0 amide bonds. The number of nitriles is 1. The van der Waals surface area contributed by atoms with E-state index in [0.717, 1.165) is 12.1 Å². The summed E-state index contributed by atoms with van der Waals surface area (Å²) in [6.07, 6.45) is 1.56. The molecule has 1 aromatic carbocycles. The number of nitrogens with two attached hydrogens (primary N) is 1. The summed E-state index contributed by atoms with van der Waals surface area (Å²) >= 11 is 0. The summed E-state index contributed by atoms with van der Waals surface area (Å²) in [5.74, 6) is -1.42. The zero-order chi connectivity index (χ0) is 20.5. The van der Waals surface area contributed by atoms with E-state index < -0.39 is 17.6 Å². The van der Waals surface area contributed by atoms with E-state index in [9.17, 15) is 18.8 Å². The molecule has 8 heteroatoms. The maximum atomic E-state index is 13.7. The number of carbonyl (C=O) groups excluding carboxylic acids is 1. The lowest BCUT2D eigenvalue weighted by Crippen LogP contribution is -2.27. The van der Waals surface area contributed by atoms with Crippen LogP contribution >= 0.6 is 0 Å². The average Bonchev–Trinajstić information content (AvgIpc) is 3.15. The second-order valence-corrected chi connectivity index (χ2v) is 6.71. The zero-order valence-corrected chi connectivity index (χ0v) is 15.2. The molecular weight excluding hydrogens is 382 g/mol. The van der Waals surface area contributed by atoms with Gasteiger partial charge in [-0.25, -0.2) is 8.78 Å². The Labute approximate surface area is 164 Å². The number of hydrogen-bond donors (Lipinski definition) is 1. The Balaban J connectivity index is 1.61. The van der Waals surface area contributed by atoms with Crippen molar-refractivity contribution < 1.29 is 27.5 Å². The van der Waals surface area contributed by atoms with Crippen molar-refractivity contribution in [1.82, 2.24) is 0 Å². The fraction of sp³-hybridized carbons (Fsp3) is 0.238. The topological polar surface area (TPSA) is 98.5 Å². The Hall–Kier alpha value is -3.60. The maximum absolute atomic E-state index is 13.7. The van der Waals surface area contributed by atoms with Gasteiger partial charge in [0.15, 0.2) is 17.3 Å². The fourth-order valence-electron chi connectivity index (χ4n) is 3.51. The molecule has 2 aromatic rings. The van der Waals surface area contributed by atoms with E-state index >= 15 is 0 Å². The highest BCUT2D eigenvalue weighted by Crippen LogP contribution is 2.43. The summed E-state index contributed by atoms with van der Waals surface area (Å²) in [6.45, 7) is -0.118. The summed E-state index contributed by atoms with van der Waals surface area (Å²) in [6, 6.07) is 8.21. The van der Waals surface area contributed by atoms with Crippen LogP contribution in [0.15, 0.2) is 57.5 Å². The zero-order valence-electron chi connectivity index (χ0n) is 15.2. The minimum Gasteiger partial charge on any atom is -0.483 e. The summed E-state index contributed by atoms with van der Waals surface area (Å²) in [4.78, 5) is 12.5. The second kappa shape index (κ2) is 7.43. The lowest BCUT2D eigenvalue weighted by molar-refractivity contribution is -0.116. The molecule has 0 fully saturated rings. The molecule has 0 saturated carbocycles. The largest absolute Gasteiger partial charge is 0.483 e. The molecule has 4 rings (SSSR count). The van der Waals surface area contributed by atoms with Crippen LogP contribution in [0.4, 0.5) is 8.78 Å².